The van der Waals surface area contributed by atoms with Crippen LogP contribution in [0.2, 0.25) is 10.0 Å². The van der Waals surface area contributed by atoms with Gasteiger partial charge >= 0.3 is 0 Å². The Morgan fingerprint density at radius 1 is 1.30 bits per heavy atom. The Bertz CT molecular complexity index is 925. The molecule has 0 unspecified atom stereocenters. The van der Waals surface area contributed by atoms with Crippen molar-refractivity contribution in [2.24, 2.45) is 0 Å². The summed E-state index contributed by atoms with van der Waals surface area (Å²) in [5.41, 5.74) is -0.875. The zero-order valence-electron chi connectivity index (χ0n) is 12.0. The number of halogens is 2. The van der Waals surface area contributed by atoms with E-state index < -0.39 is 27.2 Å². The number of rotatable bonds is 5. The Morgan fingerprint density at radius 2 is 1.96 bits per heavy atom. The second kappa shape index (κ2) is 6.86. The lowest BCUT2D eigenvalue weighted by Crippen LogP contribution is -2.36. The summed E-state index contributed by atoms with van der Waals surface area (Å²) in [6, 6.07) is 2.77. The molecule has 1 heterocycles. The van der Waals surface area contributed by atoms with E-state index in [1.54, 1.807) is 0 Å². The number of H-pyrrole nitrogens is 1. The molecule has 0 saturated heterocycles. The van der Waals surface area contributed by atoms with Crippen LogP contribution >= 0.6 is 23.2 Å². The van der Waals surface area contributed by atoms with E-state index in [0.717, 1.165) is 0 Å². The van der Waals surface area contributed by atoms with E-state index >= 15 is 0 Å². The smallest absolute Gasteiger partial charge is 0.289 e. The van der Waals surface area contributed by atoms with Gasteiger partial charge in [0.15, 0.2) is 5.69 Å². The highest BCUT2D eigenvalue weighted by molar-refractivity contribution is 7.90. The van der Waals surface area contributed by atoms with Crippen LogP contribution in [-0.2, 0) is 10.0 Å². The molecule has 1 aromatic carbocycles. The topological polar surface area (TPSA) is 109 Å². The Morgan fingerprint density at radius 3 is 2.61 bits per heavy atom. The fourth-order valence-electron chi connectivity index (χ4n) is 1.81. The summed E-state index contributed by atoms with van der Waals surface area (Å²) in [6.45, 7) is 1.82. The molecule has 23 heavy (non-hydrogen) atoms. The summed E-state index contributed by atoms with van der Waals surface area (Å²) in [7, 11) is -3.82. The summed E-state index contributed by atoms with van der Waals surface area (Å²) in [5, 5.41) is 0.414. The second-order valence-corrected chi connectivity index (χ2v) is 7.46. The Kier molecular flexibility index (Phi) is 5.28. The number of amides is 1. The molecule has 7 nitrogen and oxygen atoms in total. The van der Waals surface area contributed by atoms with E-state index in [0.29, 0.717) is 12.8 Å². The van der Waals surface area contributed by atoms with E-state index in [9.17, 15) is 18.0 Å². The number of unbranched alkanes of at least 4 members (excludes halogenated alkanes) is 1. The van der Waals surface area contributed by atoms with Crippen molar-refractivity contribution in [3.05, 3.63) is 38.2 Å². The van der Waals surface area contributed by atoms with Crippen molar-refractivity contribution in [1.29, 1.82) is 0 Å². The Balaban J connectivity index is 2.39. The van der Waals surface area contributed by atoms with Crippen molar-refractivity contribution in [2.75, 3.05) is 5.75 Å². The largest absolute Gasteiger partial charge is 0.319 e. The SMILES string of the molecule is CCCCS(=O)(=O)NC(=O)c1nc2cc(Cl)c(Cl)cc2[nH]c1=O. The number of aromatic amines is 1. The van der Waals surface area contributed by atoms with E-state index in [-0.39, 0.29) is 26.8 Å². The van der Waals surface area contributed by atoms with Crippen molar-refractivity contribution >= 4 is 50.2 Å². The van der Waals surface area contributed by atoms with Crippen LogP contribution in [0, 0.1) is 0 Å². The van der Waals surface area contributed by atoms with Crippen LogP contribution in [0.3, 0.4) is 0 Å². The third-order valence-corrected chi connectivity index (χ3v) is 5.01. The summed E-state index contributed by atoms with van der Waals surface area (Å²) >= 11 is 11.7. The van der Waals surface area contributed by atoms with Gasteiger partial charge in [-0.2, -0.15) is 0 Å². The number of carbonyl (C=O) groups excluding carboxylic acids is 1. The summed E-state index contributed by atoms with van der Waals surface area (Å²) in [4.78, 5) is 30.2. The van der Waals surface area contributed by atoms with Gasteiger partial charge in [-0.15, -0.1) is 0 Å². The second-order valence-electron chi connectivity index (χ2n) is 4.80. The van der Waals surface area contributed by atoms with Crippen molar-refractivity contribution in [1.82, 2.24) is 14.7 Å². The molecule has 0 fully saturated rings. The number of carbonyl (C=O) groups is 1. The summed E-state index contributed by atoms with van der Waals surface area (Å²) < 4.78 is 25.3. The molecule has 2 aromatic rings. The highest BCUT2D eigenvalue weighted by atomic mass is 35.5. The minimum atomic E-state index is -3.82. The van der Waals surface area contributed by atoms with Gasteiger partial charge in [-0.3, -0.25) is 9.59 Å². The van der Waals surface area contributed by atoms with Crippen LogP contribution in [-0.4, -0.2) is 30.0 Å². The first kappa shape index (κ1) is 17.7. The van der Waals surface area contributed by atoms with E-state index in [4.69, 9.17) is 23.2 Å². The van der Waals surface area contributed by atoms with Crippen LogP contribution < -0.4 is 10.3 Å². The maximum absolute atomic E-state index is 12.0. The van der Waals surface area contributed by atoms with E-state index in [1.807, 2.05) is 11.6 Å². The molecule has 0 spiro atoms. The van der Waals surface area contributed by atoms with Crippen LogP contribution in [0.15, 0.2) is 16.9 Å². The molecule has 0 aliphatic carbocycles. The molecule has 0 bridgehead atoms. The lowest BCUT2D eigenvalue weighted by atomic mass is 10.3. The maximum atomic E-state index is 12.0. The number of aromatic nitrogens is 2. The first-order valence-corrected chi connectivity index (χ1v) is 9.08. The van der Waals surface area contributed by atoms with E-state index in [2.05, 4.69) is 9.97 Å². The standard InChI is InChI=1S/C13H13Cl2N3O4S/c1-2-3-4-23(21,22)18-13(20)11-12(19)17-10-6-8(15)7(14)5-9(10)16-11/h5-6H,2-4H2,1H3,(H,17,19)(H,18,20). The molecule has 1 amide bonds. The average molecular weight is 378 g/mol. The average Bonchev–Trinajstić information content (AvgIpc) is 2.46. The number of fused-ring (bicyclic) bond motifs is 1. The highest BCUT2D eigenvalue weighted by Gasteiger charge is 2.20. The predicted octanol–water partition coefficient (Wildman–Crippen LogP) is 2.09. The lowest BCUT2D eigenvalue weighted by Gasteiger charge is -2.06. The van der Waals surface area contributed by atoms with Crippen LogP contribution in [0.5, 0.6) is 0 Å². The van der Waals surface area contributed by atoms with Crippen molar-refractivity contribution < 1.29 is 13.2 Å². The third kappa shape index (κ3) is 4.21. The van der Waals surface area contributed by atoms with Crippen molar-refractivity contribution in [2.45, 2.75) is 19.8 Å². The van der Waals surface area contributed by atoms with Crippen LogP contribution in [0.25, 0.3) is 11.0 Å². The van der Waals surface area contributed by atoms with Gasteiger partial charge in [0.2, 0.25) is 10.0 Å². The van der Waals surface area contributed by atoms with Gasteiger partial charge in [0, 0.05) is 0 Å². The zero-order chi connectivity index (χ0) is 17.2. The molecule has 0 saturated carbocycles. The Hall–Kier alpha value is -1.64. The van der Waals surface area contributed by atoms with Crippen molar-refractivity contribution in [3.8, 4) is 0 Å². The summed E-state index contributed by atoms with van der Waals surface area (Å²) in [5.74, 6) is -1.29. The number of hydrogen-bond donors (Lipinski definition) is 2. The number of nitrogens with one attached hydrogen (secondary N) is 2. The zero-order valence-corrected chi connectivity index (χ0v) is 14.3. The van der Waals surface area contributed by atoms with Crippen molar-refractivity contribution in [3.63, 3.8) is 0 Å². The third-order valence-electron chi connectivity index (χ3n) is 2.96. The fourth-order valence-corrected chi connectivity index (χ4v) is 3.28. The fraction of sp³-hybridized carbons (Fsp3) is 0.308. The molecule has 0 aliphatic heterocycles. The molecule has 0 radical (unpaired) electrons. The molecule has 1 aromatic heterocycles. The minimum Gasteiger partial charge on any atom is -0.319 e. The molecular formula is C13H13Cl2N3O4S. The highest BCUT2D eigenvalue weighted by Crippen LogP contribution is 2.25. The lowest BCUT2D eigenvalue weighted by molar-refractivity contribution is 0.0975. The quantitative estimate of drug-likeness (QED) is 0.828. The first-order chi connectivity index (χ1) is 10.7. The Labute approximate surface area is 142 Å². The maximum Gasteiger partial charge on any atom is 0.289 e. The number of sulfonamides is 1. The molecular weight excluding hydrogens is 365 g/mol. The number of hydrogen-bond acceptors (Lipinski definition) is 5. The number of benzene rings is 1. The van der Waals surface area contributed by atoms with Gasteiger partial charge < -0.3 is 4.98 Å². The van der Waals surface area contributed by atoms with Gasteiger partial charge in [0.25, 0.3) is 11.5 Å². The molecule has 10 heteroatoms. The first-order valence-electron chi connectivity index (χ1n) is 6.67. The monoisotopic (exact) mass is 377 g/mol. The normalized spacial score (nSPS) is 11.6. The molecule has 2 rings (SSSR count). The molecule has 2 N–H and O–H groups in total. The predicted molar refractivity (Wildman–Crippen MR) is 88.5 cm³/mol. The van der Waals surface area contributed by atoms with E-state index in [1.165, 1.54) is 12.1 Å². The molecule has 0 atom stereocenters. The molecule has 124 valence electrons. The van der Waals surface area contributed by atoms with Gasteiger partial charge in [-0.05, 0) is 18.6 Å². The van der Waals surface area contributed by atoms with Gasteiger partial charge in [0.05, 0.1) is 26.8 Å². The van der Waals surface area contributed by atoms with Gasteiger partial charge in [-0.1, -0.05) is 36.5 Å². The summed E-state index contributed by atoms with van der Waals surface area (Å²) in [6.07, 6.45) is 1.06. The van der Waals surface area contributed by atoms with Crippen LogP contribution in [0.1, 0.15) is 30.3 Å². The number of nitrogens with zero attached hydrogens (tertiary/aromatic N) is 1. The van der Waals surface area contributed by atoms with Gasteiger partial charge in [0.1, 0.15) is 0 Å². The van der Waals surface area contributed by atoms with Gasteiger partial charge in [-0.25, -0.2) is 18.1 Å². The molecule has 0 aliphatic rings. The minimum absolute atomic E-state index is 0.195. The van der Waals surface area contributed by atoms with Crippen LogP contribution in [0.4, 0.5) is 0 Å².